The van der Waals surface area contributed by atoms with E-state index in [1.165, 1.54) is 11.3 Å². The quantitative estimate of drug-likeness (QED) is 0.794. The fourth-order valence-corrected chi connectivity index (χ4v) is 2.14. The molecule has 0 saturated carbocycles. The molecule has 0 amide bonds. The number of thiazole rings is 1. The van der Waals surface area contributed by atoms with Crippen LogP contribution in [0.15, 0.2) is 11.6 Å². The van der Waals surface area contributed by atoms with Crippen LogP contribution in [-0.4, -0.2) is 20.5 Å². The predicted molar refractivity (Wildman–Crippen MR) is 49.4 cm³/mol. The number of hydrogen-bond donors (Lipinski definition) is 1. The molecule has 0 aromatic carbocycles. The second kappa shape index (κ2) is 2.85. The molecule has 2 heterocycles. The molecule has 2 aromatic heterocycles. The van der Waals surface area contributed by atoms with Crippen LogP contribution in [0.25, 0.3) is 4.96 Å². The van der Waals surface area contributed by atoms with Crippen LogP contribution in [0, 0.1) is 0 Å². The maximum Gasteiger partial charge on any atom is 0.356 e. The fraction of sp³-hybridized carbons (Fsp3) is 0.250. The lowest BCUT2D eigenvalue weighted by molar-refractivity contribution is 0.0691. The lowest BCUT2D eigenvalue weighted by Gasteiger charge is -1.89. The highest BCUT2D eigenvalue weighted by Gasteiger charge is 2.11. The average Bonchev–Trinajstić information content (AvgIpc) is 2.60. The van der Waals surface area contributed by atoms with Crippen LogP contribution >= 0.6 is 11.3 Å². The van der Waals surface area contributed by atoms with Gasteiger partial charge in [-0.3, -0.25) is 4.40 Å². The van der Waals surface area contributed by atoms with Crippen molar-refractivity contribution in [2.75, 3.05) is 0 Å². The lowest BCUT2D eigenvalue weighted by atomic mass is 10.4. The Kier molecular flexibility index (Phi) is 1.81. The largest absolute Gasteiger partial charge is 0.476 e. The van der Waals surface area contributed by atoms with Gasteiger partial charge in [0, 0.05) is 17.3 Å². The number of fused-ring (bicyclic) bond motifs is 1. The van der Waals surface area contributed by atoms with E-state index >= 15 is 0 Å². The molecule has 0 fully saturated rings. The minimum atomic E-state index is -0.974. The smallest absolute Gasteiger partial charge is 0.356 e. The highest BCUT2D eigenvalue weighted by molar-refractivity contribution is 7.15. The van der Waals surface area contributed by atoms with Gasteiger partial charge in [0.05, 0.1) is 0 Å². The third kappa shape index (κ3) is 1.21. The summed E-state index contributed by atoms with van der Waals surface area (Å²) in [4.78, 5) is 15.3. The van der Waals surface area contributed by atoms with Gasteiger partial charge in [-0.1, -0.05) is 6.92 Å². The van der Waals surface area contributed by atoms with E-state index < -0.39 is 5.97 Å². The lowest BCUT2D eigenvalue weighted by Crippen LogP contribution is -1.95. The molecule has 68 valence electrons. The number of hydrogen-bond acceptors (Lipinski definition) is 3. The summed E-state index contributed by atoms with van der Waals surface area (Å²) in [7, 11) is 0. The van der Waals surface area contributed by atoms with Crippen molar-refractivity contribution in [3.8, 4) is 0 Å². The van der Waals surface area contributed by atoms with E-state index in [4.69, 9.17) is 5.11 Å². The first kappa shape index (κ1) is 8.25. The predicted octanol–water partition coefficient (Wildman–Crippen LogP) is 1.66. The number of aryl methyl sites for hydroxylation is 1. The van der Waals surface area contributed by atoms with Crippen molar-refractivity contribution in [2.45, 2.75) is 13.3 Å². The summed E-state index contributed by atoms with van der Waals surface area (Å²) in [6, 6.07) is 0. The molecule has 2 aromatic rings. The van der Waals surface area contributed by atoms with Gasteiger partial charge in [-0.05, 0) is 6.42 Å². The summed E-state index contributed by atoms with van der Waals surface area (Å²) < 4.78 is 1.83. The molecule has 0 radical (unpaired) electrons. The first-order valence-corrected chi connectivity index (χ1v) is 4.79. The number of carbonyl (C=O) groups is 1. The van der Waals surface area contributed by atoms with Gasteiger partial charge in [0.1, 0.15) is 0 Å². The van der Waals surface area contributed by atoms with Crippen LogP contribution < -0.4 is 0 Å². The number of imidazole rings is 1. The van der Waals surface area contributed by atoms with E-state index in [0.717, 1.165) is 17.1 Å². The Morgan fingerprint density at radius 1 is 1.77 bits per heavy atom. The zero-order valence-electron chi connectivity index (χ0n) is 7.02. The third-order valence-corrected chi connectivity index (χ3v) is 2.75. The zero-order valence-corrected chi connectivity index (χ0v) is 7.84. The molecule has 0 bridgehead atoms. The van der Waals surface area contributed by atoms with Gasteiger partial charge in [0.2, 0.25) is 0 Å². The summed E-state index contributed by atoms with van der Waals surface area (Å²) in [6.07, 6.45) is 2.45. The van der Waals surface area contributed by atoms with Crippen molar-refractivity contribution in [3.63, 3.8) is 0 Å². The Balaban J connectivity index is 2.63. The van der Waals surface area contributed by atoms with Crippen LogP contribution in [0.5, 0.6) is 0 Å². The molecular weight excluding hydrogens is 188 g/mol. The molecule has 0 unspecified atom stereocenters. The first-order chi connectivity index (χ1) is 6.22. The number of aromatic carboxylic acids is 1. The number of aromatic nitrogens is 2. The van der Waals surface area contributed by atoms with E-state index in [0.29, 0.717) is 0 Å². The molecule has 0 saturated heterocycles. The van der Waals surface area contributed by atoms with E-state index in [-0.39, 0.29) is 5.69 Å². The van der Waals surface area contributed by atoms with Crippen molar-refractivity contribution in [2.24, 2.45) is 0 Å². The van der Waals surface area contributed by atoms with Gasteiger partial charge in [-0.15, -0.1) is 11.3 Å². The van der Waals surface area contributed by atoms with Crippen molar-refractivity contribution in [1.29, 1.82) is 0 Å². The zero-order chi connectivity index (χ0) is 9.42. The minimum Gasteiger partial charge on any atom is -0.476 e. The minimum absolute atomic E-state index is 0.113. The van der Waals surface area contributed by atoms with Crippen molar-refractivity contribution in [3.05, 3.63) is 23.0 Å². The van der Waals surface area contributed by atoms with Gasteiger partial charge in [0.15, 0.2) is 10.7 Å². The molecule has 5 heteroatoms. The summed E-state index contributed by atoms with van der Waals surface area (Å²) in [5, 5.41) is 10.7. The fourth-order valence-electron chi connectivity index (χ4n) is 1.19. The second-order valence-corrected chi connectivity index (χ2v) is 3.50. The summed E-state index contributed by atoms with van der Waals surface area (Å²) in [5.41, 5.74) is 1.21. The number of rotatable bonds is 2. The summed E-state index contributed by atoms with van der Waals surface area (Å²) in [6.45, 7) is 2.03. The summed E-state index contributed by atoms with van der Waals surface area (Å²) in [5.74, 6) is -0.974. The van der Waals surface area contributed by atoms with Crippen LogP contribution in [-0.2, 0) is 6.42 Å². The van der Waals surface area contributed by atoms with Gasteiger partial charge >= 0.3 is 5.97 Å². The second-order valence-electron chi connectivity index (χ2n) is 2.66. The Labute approximate surface area is 78.5 Å². The molecule has 0 atom stereocenters. The van der Waals surface area contributed by atoms with Crippen molar-refractivity contribution in [1.82, 2.24) is 9.38 Å². The molecular formula is C8H8N2O2S. The first-order valence-electron chi connectivity index (χ1n) is 3.91. The molecule has 0 aliphatic rings. The Bertz CT molecular complexity index is 458. The van der Waals surface area contributed by atoms with Crippen LogP contribution in [0.1, 0.15) is 23.1 Å². The topological polar surface area (TPSA) is 54.6 Å². The summed E-state index contributed by atoms with van der Waals surface area (Å²) >= 11 is 1.47. The van der Waals surface area contributed by atoms with Gasteiger partial charge in [-0.2, -0.15) is 0 Å². The van der Waals surface area contributed by atoms with Gasteiger partial charge < -0.3 is 5.11 Å². The maximum absolute atomic E-state index is 10.6. The highest BCUT2D eigenvalue weighted by atomic mass is 32.1. The molecule has 4 nitrogen and oxygen atoms in total. The van der Waals surface area contributed by atoms with Gasteiger partial charge in [0.25, 0.3) is 0 Å². The van der Waals surface area contributed by atoms with E-state index in [2.05, 4.69) is 4.98 Å². The van der Waals surface area contributed by atoms with E-state index in [9.17, 15) is 4.79 Å². The molecule has 2 rings (SSSR count). The molecule has 0 spiro atoms. The number of carboxylic acid groups (broad SMARTS) is 1. The van der Waals surface area contributed by atoms with Crippen molar-refractivity contribution >= 4 is 22.3 Å². The number of carboxylic acids is 1. The van der Waals surface area contributed by atoms with Crippen LogP contribution in [0.2, 0.25) is 0 Å². The molecule has 1 N–H and O–H groups in total. The molecule has 0 aliphatic heterocycles. The Morgan fingerprint density at radius 3 is 3.15 bits per heavy atom. The average molecular weight is 196 g/mol. The standard InChI is InChI=1S/C8H8N2O2S/c1-2-5-4-13-8-9-6(7(11)12)3-10(5)8/h3-4H,2H2,1H3,(H,11,12). The molecule has 13 heavy (non-hydrogen) atoms. The highest BCUT2D eigenvalue weighted by Crippen LogP contribution is 2.16. The van der Waals surface area contributed by atoms with Crippen molar-refractivity contribution < 1.29 is 9.90 Å². The van der Waals surface area contributed by atoms with Gasteiger partial charge in [-0.25, -0.2) is 9.78 Å². The van der Waals surface area contributed by atoms with E-state index in [1.807, 2.05) is 16.7 Å². The Morgan fingerprint density at radius 2 is 2.54 bits per heavy atom. The molecule has 0 aliphatic carbocycles. The monoisotopic (exact) mass is 196 g/mol. The maximum atomic E-state index is 10.6. The normalized spacial score (nSPS) is 10.8. The van der Waals surface area contributed by atoms with Crippen LogP contribution in [0.4, 0.5) is 0 Å². The Hall–Kier alpha value is -1.36. The number of nitrogens with zero attached hydrogens (tertiary/aromatic N) is 2. The van der Waals surface area contributed by atoms with Crippen LogP contribution in [0.3, 0.4) is 0 Å². The third-order valence-electron chi connectivity index (χ3n) is 1.86. The van der Waals surface area contributed by atoms with E-state index in [1.54, 1.807) is 6.20 Å². The SMILES string of the molecule is CCc1csc2nc(C(=O)O)cn12.